The summed E-state index contributed by atoms with van der Waals surface area (Å²) in [6, 6.07) is 6.07. The van der Waals surface area contributed by atoms with E-state index >= 15 is 0 Å². The van der Waals surface area contributed by atoms with Crippen LogP contribution in [0.5, 0.6) is 0 Å². The van der Waals surface area contributed by atoms with Crippen molar-refractivity contribution < 1.29 is 4.92 Å². The number of nitrogens with one attached hydrogen (secondary N) is 1. The van der Waals surface area contributed by atoms with E-state index in [1.165, 1.54) is 12.1 Å². The van der Waals surface area contributed by atoms with Crippen molar-refractivity contribution >= 4 is 5.69 Å². The molecule has 0 saturated heterocycles. The summed E-state index contributed by atoms with van der Waals surface area (Å²) in [5, 5.41) is 14.0. The molecule has 80 valence electrons. The third-order valence-corrected chi connectivity index (χ3v) is 2.18. The predicted octanol–water partition coefficient (Wildman–Crippen LogP) is 3.47. The highest BCUT2D eigenvalue weighted by molar-refractivity contribution is 5.35. The molecule has 0 radical (unpaired) electrons. The minimum atomic E-state index is -0.434. The van der Waals surface area contributed by atoms with Gasteiger partial charge in [-0.1, -0.05) is 25.5 Å². The quantitative estimate of drug-likeness (QED) is 0.455. The van der Waals surface area contributed by atoms with E-state index in [1.807, 2.05) is 6.92 Å². The van der Waals surface area contributed by atoms with E-state index in [-0.39, 0.29) is 11.7 Å². The topological polar surface area (TPSA) is 79.3 Å². The second-order valence-corrected chi connectivity index (χ2v) is 3.29. The second-order valence-electron chi connectivity index (χ2n) is 3.29. The van der Waals surface area contributed by atoms with Crippen LogP contribution in [0.4, 0.5) is 5.69 Å². The molecule has 0 aliphatic rings. The molecule has 0 bridgehead atoms. The summed E-state index contributed by atoms with van der Waals surface area (Å²) in [6.45, 7) is 2.00. The number of rotatable bonds is 5. The zero-order chi connectivity index (χ0) is 11.3. The highest BCUT2D eigenvalue weighted by atomic mass is 16.6. The van der Waals surface area contributed by atoms with Crippen molar-refractivity contribution in [1.29, 1.82) is 5.53 Å². The van der Waals surface area contributed by atoms with Crippen molar-refractivity contribution in [2.75, 3.05) is 0 Å². The lowest BCUT2D eigenvalue weighted by Gasteiger charge is -2.08. The van der Waals surface area contributed by atoms with E-state index in [0.29, 0.717) is 0 Å². The number of benzene rings is 1. The molecule has 0 saturated carbocycles. The van der Waals surface area contributed by atoms with Gasteiger partial charge in [-0.3, -0.25) is 10.1 Å². The van der Waals surface area contributed by atoms with Gasteiger partial charge in [0, 0.05) is 12.1 Å². The Morgan fingerprint density at radius 2 is 2.33 bits per heavy atom. The molecular formula is C10H13N3O2. The fourth-order valence-electron chi connectivity index (χ4n) is 1.42. The van der Waals surface area contributed by atoms with Crippen molar-refractivity contribution in [1.82, 2.24) is 0 Å². The summed E-state index contributed by atoms with van der Waals surface area (Å²) in [4.78, 5) is 10.1. The minimum absolute atomic E-state index is 0.0530. The first-order valence-electron chi connectivity index (χ1n) is 4.80. The lowest BCUT2D eigenvalue weighted by Crippen LogP contribution is -1.96. The molecule has 1 aromatic carbocycles. The van der Waals surface area contributed by atoms with Crippen LogP contribution in [0.3, 0.4) is 0 Å². The maximum atomic E-state index is 10.6. The molecule has 5 nitrogen and oxygen atoms in total. The van der Waals surface area contributed by atoms with Gasteiger partial charge in [-0.25, -0.2) is 5.53 Å². The fourth-order valence-corrected chi connectivity index (χ4v) is 1.42. The Bertz CT molecular complexity index is 365. The molecule has 1 unspecified atom stereocenters. The molecule has 15 heavy (non-hydrogen) atoms. The molecule has 0 aromatic heterocycles. The summed E-state index contributed by atoms with van der Waals surface area (Å²) < 4.78 is 0. The minimum Gasteiger partial charge on any atom is -0.258 e. The fraction of sp³-hybridized carbons (Fsp3) is 0.400. The number of hydrogen-bond acceptors (Lipinski definition) is 4. The Morgan fingerprint density at radius 3 is 2.87 bits per heavy atom. The molecule has 0 amide bonds. The molecule has 1 rings (SSSR count). The van der Waals surface area contributed by atoms with Crippen LogP contribution >= 0.6 is 0 Å². The first-order chi connectivity index (χ1) is 7.19. The van der Waals surface area contributed by atoms with Crippen molar-refractivity contribution in [2.24, 2.45) is 5.11 Å². The highest BCUT2D eigenvalue weighted by Gasteiger charge is 2.12. The second kappa shape index (κ2) is 5.19. The van der Waals surface area contributed by atoms with E-state index in [0.717, 1.165) is 18.4 Å². The van der Waals surface area contributed by atoms with Crippen LogP contribution in [-0.4, -0.2) is 4.92 Å². The Hall–Kier alpha value is -1.78. The van der Waals surface area contributed by atoms with Gasteiger partial charge in [0.25, 0.3) is 5.69 Å². The van der Waals surface area contributed by atoms with E-state index in [2.05, 4.69) is 5.11 Å². The summed E-state index contributed by atoms with van der Waals surface area (Å²) in [5.41, 5.74) is 7.82. The smallest absolute Gasteiger partial charge is 0.258 e. The van der Waals surface area contributed by atoms with Gasteiger partial charge in [0.05, 0.1) is 11.0 Å². The molecule has 0 aliphatic carbocycles. The standard InChI is InChI=1S/C10H13N3O2/c1-2-4-10(12-11)8-5-3-6-9(7-8)13(14)15/h3,5-7,10-11H,2,4H2,1H3. The van der Waals surface area contributed by atoms with Gasteiger partial charge in [0.2, 0.25) is 0 Å². The van der Waals surface area contributed by atoms with Crippen LogP contribution in [0.1, 0.15) is 31.4 Å². The Balaban J connectivity index is 2.97. The predicted molar refractivity (Wildman–Crippen MR) is 55.9 cm³/mol. The van der Waals surface area contributed by atoms with Gasteiger partial charge in [-0.15, -0.1) is 0 Å². The van der Waals surface area contributed by atoms with E-state index < -0.39 is 4.92 Å². The number of hydrogen-bond donors (Lipinski definition) is 1. The first-order valence-corrected chi connectivity index (χ1v) is 4.80. The zero-order valence-corrected chi connectivity index (χ0v) is 8.51. The van der Waals surface area contributed by atoms with Crippen LogP contribution in [0.2, 0.25) is 0 Å². The van der Waals surface area contributed by atoms with Crippen molar-refractivity contribution in [3.8, 4) is 0 Å². The maximum Gasteiger partial charge on any atom is 0.269 e. The lowest BCUT2D eigenvalue weighted by atomic mass is 10.0. The van der Waals surface area contributed by atoms with Gasteiger partial charge in [0.1, 0.15) is 0 Å². The van der Waals surface area contributed by atoms with E-state index in [9.17, 15) is 10.1 Å². The van der Waals surface area contributed by atoms with Crippen LogP contribution in [-0.2, 0) is 0 Å². The Labute approximate surface area is 87.8 Å². The lowest BCUT2D eigenvalue weighted by molar-refractivity contribution is -0.384. The molecule has 0 fully saturated rings. The third-order valence-electron chi connectivity index (χ3n) is 2.18. The molecular weight excluding hydrogens is 194 g/mol. The monoisotopic (exact) mass is 207 g/mol. The highest BCUT2D eigenvalue weighted by Crippen LogP contribution is 2.25. The maximum absolute atomic E-state index is 10.6. The number of nitrogens with zero attached hydrogens (tertiary/aromatic N) is 2. The van der Waals surface area contributed by atoms with Gasteiger partial charge in [0.15, 0.2) is 0 Å². The summed E-state index contributed by atoms with van der Waals surface area (Å²) in [7, 11) is 0. The first kappa shape index (κ1) is 11.3. The number of non-ortho nitro benzene ring substituents is 1. The SMILES string of the molecule is CCCC(N=N)c1cccc([N+](=O)[O-])c1. The van der Waals surface area contributed by atoms with Crippen LogP contribution in [0.15, 0.2) is 29.4 Å². The Morgan fingerprint density at radius 1 is 1.60 bits per heavy atom. The van der Waals surface area contributed by atoms with E-state index in [4.69, 9.17) is 5.53 Å². The van der Waals surface area contributed by atoms with Crippen LogP contribution < -0.4 is 0 Å². The largest absolute Gasteiger partial charge is 0.269 e. The van der Waals surface area contributed by atoms with Gasteiger partial charge in [-0.05, 0) is 12.0 Å². The van der Waals surface area contributed by atoms with Crippen molar-refractivity contribution in [2.45, 2.75) is 25.8 Å². The normalized spacial score (nSPS) is 12.1. The number of nitro benzene ring substituents is 1. The molecule has 0 aliphatic heterocycles. The van der Waals surface area contributed by atoms with Crippen LogP contribution in [0, 0.1) is 15.6 Å². The third kappa shape index (κ3) is 2.83. The molecule has 0 heterocycles. The Kier molecular flexibility index (Phi) is 3.91. The zero-order valence-electron chi connectivity index (χ0n) is 8.51. The average Bonchev–Trinajstić information content (AvgIpc) is 2.26. The van der Waals surface area contributed by atoms with Crippen molar-refractivity contribution in [3.63, 3.8) is 0 Å². The van der Waals surface area contributed by atoms with E-state index in [1.54, 1.807) is 12.1 Å². The summed E-state index contributed by atoms with van der Waals surface area (Å²) >= 11 is 0. The molecule has 1 atom stereocenters. The summed E-state index contributed by atoms with van der Waals surface area (Å²) in [5.74, 6) is 0. The van der Waals surface area contributed by atoms with Crippen LogP contribution in [0.25, 0.3) is 0 Å². The van der Waals surface area contributed by atoms with Gasteiger partial charge < -0.3 is 0 Å². The average molecular weight is 207 g/mol. The molecule has 5 heteroatoms. The summed E-state index contributed by atoms with van der Waals surface area (Å²) in [6.07, 6.45) is 1.64. The molecule has 1 aromatic rings. The number of nitro groups is 1. The van der Waals surface area contributed by atoms with Gasteiger partial charge in [-0.2, -0.15) is 5.11 Å². The molecule has 1 N–H and O–H groups in total. The molecule has 0 spiro atoms. The van der Waals surface area contributed by atoms with Gasteiger partial charge >= 0.3 is 0 Å². The van der Waals surface area contributed by atoms with Crippen molar-refractivity contribution in [3.05, 3.63) is 39.9 Å².